The summed E-state index contributed by atoms with van der Waals surface area (Å²) in [5.74, 6) is 1.04. The van der Waals surface area contributed by atoms with Gasteiger partial charge in [0.1, 0.15) is 12.0 Å². The van der Waals surface area contributed by atoms with Crippen molar-refractivity contribution in [3.05, 3.63) is 28.2 Å². The number of nitrogens with two attached hydrogens (primary N) is 1. The van der Waals surface area contributed by atoms with Crippen LogP contribution >= 0.6 is 23.2 Å². The van der Waals surface area contributed by atoms with Crippen molar-refractivity contribution in [3.63, 3.8) is 0 Å². The molecule has 1 unspecified atom stereocenters. The second-order valence-electron chi connectivity index (χ2n) is 5.67. The molecule has 0 aliphatic carbocycles. The number of fused-ring (bicyclic) bond motifs is 1. The fourth-order valence-corrected chi connectivity index (χ4v) is 2.76. The zero-order valence-electron chi connectivity index (χ0n) is 13.2. The van der Waals surface area contributed by atoms with Crippen LogP contribution in [-0.4, -0.2) is 54.4 Å². The zero-order chi connectivity index (χ0) is 17.4. The Bertz CT molecular complexity index is 763. The van der Waals surface area contributed by atoms with E-state index in [9.17, 15) is 0 Å². The summed E-state index contributed by atoms with van der Waals surface area (Å²) in [4.78, 5) is 5.38. The van der Waals surface area contributed by atoms with Gasteiger partial charge in [0.15, 0.2) is 0 Å². The Morgan fingerprint density at radius 2 is 1.96 bits per heavy atom. The average molecular weight is 370 g/mol. The number of amidine groups is 1. The van der Waals surface area contributed by atoms with Crippen LogP contribution in [0.15, 0.2) is 22.8 Å². The SMILES string of the molecule is CN(C)CCN1c2nonc2N(c2ccc(Cl)c(Cl)c2)C(=N)C1N. The predicted molar refractivity (Wildman–Crippen MR) is 94.5 cm³/mol. The smallest absolute Gasteiger partial charge is 0.228 e. The van der Waals surface area contributed by atoms with Gasteiger partial charge in [0, 0.05) is 13.1 Å². The minimum absolute atomic E-state index is 0.148. The van der Waals surface area contributed by atoms with Crippen molar-refractivity contribution in [1.29, 1.82) is 5.41 Å². The van der Waals surface area contributed by atoms with Crippen LogP contribution in [0.2, 0.25) is 10.0 Å². The van der Waals surface area contributed by atoms with Gasteiger partial charge < -0.3 is 15.5 Å². The quantitative estimate of drug-likeness (QED) is 0.851. The van der Waals surface area contributed by atoms with Gasteiger partial charge in [-0.15, -0.1) is 0 Å². The number of anilines is 3. The highest BCUT2D eigenvalue weighted by atomic mass is 35.5. The van der Waals surface area contributed by atoms with Crippen LogP contribution in [0.4, 0.5) is 17.3 Å². The van der Waals surface area contributed by atoms with Crippen molar-refractivity contribution >= 4 is 46.4 Å². The minimum Gasteiger partial charge on any atom is -0.327 e. The van der Waals surface area contributed by atoms with Crippen LogP contribution in [0.5, 0.6) is 0 Å². The Balaban J connectivity index is 2.01. The molecule has 1 aliphatic rings. The summed E-state index contributed by atoms with van der Waals surface area (Å²) in [6.45, 7) is 1.34. The standard InChI is InChI=1S/C14H17Cl2N7O/c1-21(2)5-6-22-11(17)12(18)23(14-13(22)19-24-20-14)8-3-4-9(15)10(16)7-8/h3-4,7,11,18H,5-6,17H2,1-2H3. The maximum Gasteiger partial charge on any atom is 0.228 e. The molecule has 1 atom stereocenters. The number of nitrogens with zero attached hydrogens (tertiary/aromatic N) is 5. The minimum atomic E-state index is -0.682. The third kappa shape index (κ3) is 2.93. The van der Waals surface area contributed by atoms with Gasteiger partial charge >= 0.3 is 0 Å². The van der Waals surface area contributed by atoms with Gasteiger partial charge in [0.2, 0.25) is 11.6 Å². The molecule has 1 aromatic heterocycles. The van der Waals surface area contributed by atoms with E-state index >= 15 is 0 Å². The van der Waals surface area contributed by atoms with Crippen LogP contribution in [0.3, 0.4) is 0 Å². The molecular weight excluding hydrogens is 353 g/mol. The van der Waals surface area contributed by atoms with Crippen molar-refractivity contribution in [1.82, 2.24) is 15.2 Å². The first-order valence-electron chi connectivity index (χ1n) is 7.23. The number of hydrogen-bond acceptors (Lipinski definition) is 7. The molecule has 1 aromatic carbocycles. The van der Waals surface area contributed by atoms with E-state index in [2.05, 4.69) is 10.3 Å². The molecule has 0 fully saturated rings. The van der Waals surface area contributed by atoms with E-state index in [0.29, 0.717) is 33.9 Å². The summed E-state index contributed by atoms with van der Waals surface area (Å²) in [6, 6.07) is 5.05. The second kappa shape index (κ2) is 6.56. The number of likely N-dealkylation sites (N-methyl/N-ethyl adjacent to an activating group) is 1. The molecule has 3 rings (SSSR count). The van der Waals surface area contributed by atoms with Crippen molar-refractivity contribution in [2.24, 2.45) is 5.73 Å². The molecule has 10 heteroatoms. The lowest BCUT2D eigenvalue weighted by Gasteiger charge is -2.39. The highest BCUT2D eigenvalue weighted by Crippen LogP contribution is 2.38. The van der Waals surface area contributed by atoms with Gasteiger partial charge in [0.25, 0.3) is 0 Å². The topological polar surface area (TPSA) is 98.5 Å². The summed E-state index contributed by atoms with van der Waals surface area (Å²) in [7, 11) is 3.93. The lowest BCUT2D eigenvalue weighted by atomic mass is 10.2. The fourth-order valence-electron chi connectivity index (χ4n) is 2.47. The number of nitrogens with one attached hydrogen (secondary N) is 1. The van der Waals surface area contributed by atoms with Crippen molar-refractivity contribution in [3.8, 4) is 0 Å². The van der Waals surface area contributed by atoms with Crippen molar-refractivity contribution in [2.45, 2.75) is 6.17 Å². The third-order valence-corrected chi connectivity index (χ3v) is 4.48. The first-order valence-corrected chi connectivity index (χ1v) is 7.99. The van der Waals surface area contributed by atoms with E-state index in [1.165, 1.54) is 0 Å². The number of halogens is 2. The summed E-state index contributed by atoms with van der Waals surface area (Å²) < 4.78 is 4.90. The molecule has 2 heterocycles. The number of rotatable bonds is 4. The summed E-state index contributed by atoms with van der Waals surface area (Å²) in [5, 5.41) is 17.2. The molecule has 0 saturated heterocycles. The van der Waals surface area contributed by atoms with Crippen molar-refractivity contribution < 1.29 is 4.63 Å². The van der Waals surface area contributed by atoms with Crippen LogP contribution in [0.1, 0.15) is 0 Å². The highest BCUT2D eigenvalue weighted by Gasteiger charge is 2.38. The molecule has 0 amide bonds. The van der Waals surface area contributed by atoms with E-state index in [4.69, 9.17) is 39.0 Å². The molecule has 0 spiro atoms. The van der Waals surface area contributed by atoms with Crippen molar-refractivity contribution in [2.75, 3.05) is 37.0 Å². The zero-order valence-corrected chi connectivity index (χ0v) is 14.7. The van der Waals surface area contributed by atoms with E-state index < -0.39 is 6.17 Å². The predicted octanol–water partition coefficient (Wildman–Crippen LogP) is 2.16. The van der Waals surface area contributed by atoms with Crippen LogP contribution < -0.4 is 15.5 Å². The maximum atomic E-state index is 8.46. The molecule has 0 saturated carbocycles. The Hall–Kier alpha value is -1.87. The number of aromatic nitrogens is 2. The number of hydrogen-bond donors (Lipinski definition) is 2. The van der Waals surface area contributed by atoms with E-state index in [1.54, 1.807) is 28.0 Å². The highest BCUT2D eigenvalue weighted by molar-refractivity contribution is 6.42. The average Bonchev–Trinajstić information content (AvgIpc) is 2.99. The largest absolute Gasteiger partial charge is 0.327 e. The molecular formula is C14H17Cl2N7O. The Kier molecular flexibility index (Phi) is 4.64. The maximum absolute atomic E-state index is 8.46. The van der Waals surface area contributed by atoms with E-state index in [0.717, 1.165) is 6.54 Å². The molecule has 2 aromatic rings. The van der Waals surface area contributed by atoms with Crippen LogP contribution in [0.25, 0.3) is 0 Å². The molecule has 0 radical (unpaired) electrons. The Morgan fingerprint density at radius 3 is 2.62 bits per heavy atom. The molecule has 3 N–H and O–H groups in total. The van der Waals surface area contributed by atoms with Gasteiger partial charge in [-0.2, -0.15) is 0 Å². The summed E-state index contributed by atoms with van der Waals surface area (Å²) in [5.41, 5.74) is 6.87. The fraction of sp³-hybridized carbons (Fsp3) is 0.357. The number of benzene rings is 1. The normalized spacial score (nSPS) is 17.6. The van der Waals surface area contributed by atoms with Gasteiger partial charge in [-0.3, -0.25) is 10.3 Å². The molecule has 8 nitrogen and oxygen atoms in total. The second-order valence-corrected chi connectivity index (χ2v) is 6.49. The van der Waals surface area contributed by atoms with Gasteiger partial charge in [0.05, 0.1) is 15.7 Å². The van der Waals surface area contributed by atoms with E-state index in [1.807, 2.05) is 19.0 Å². The molecule has 24 heavy (non-hydrogen) atoms. The lowest BCUT2D eigenvalue weighted by Crippen LogP contribution is -2.57. The first-order chi connectivity index (χ1) is 11.4. The summed E-state index contributed by atoms with van der Waals surface area (Å²) >= 11 is 12.1. The van der Waals surface area contributed by atoms with Crippen LogP contribution in [-0.2, 0) is 0 Å². The first kappa shape index (κ1) is 17.0. The lowest BCUT2D eigenvalue weighted by molar-refractivity contribution is 0.308. The molecule has 0 bridgehead atoms. The van der Waals surface area contributed by atoms with Gasteiger partial charge in [-0.25, -0.2) is 4.63 Å². The Labute approximate surface area is 149 Å². The third-order valence-electron chi connectivity index (χ3n) is 3.74. The van der Waals surface area contributed by atoms with Gasteiger partial charge in [-0.1, -0.05) is 23.2 Å². The molecule has 1 aliphatic heterocycles. The van der Waals surface area contributed by atoms with E-state index in [-0.39, 0.29) is 5.84 Å². The summed E-state index contributed by atoms with van der Waals surface area (Å²) in [6.07, 6.45) is -0.682. The molecule has 128 valence electrons. The van der Waals surface area contributed by atoms with Gasteiger partial charge in [-0.05, 0) is 42.6 Å². The Morgan fingerprint density at radius 1 is 1.25 bits per heavy atom. The van der Waals surface area contributed by atoms with Crippen LogP contribution in [0, 0.1) is 5.41 Å². The monoisotopic (exact) mass is 369 g/mol.